The third-order valence-electron chi connectivity index (χ3n) is 2.81. The van der Waals surface area contributed by atoms with Crippen LogP contribution in [-0.4, -0.2) is 44.3 Å². The van der Waals surface area contributed by atoms with Crippen LogP contribution in [0, 0.1) is 6.92 Å². The Morgan fingerprint density at radius 2 is 2.14 bits per heavy atom. The minimum absolute atomic E-state index is 0.00246. The monoisotopic (exact) mass is 295 g/mol. The van der Waals surface area contributed by atoms with E-state index in [2.05, 4.69) is 15.6 Å². The molecular formula is C15H25N3O3. The largest absolute Gasteiger partial charge is 0.491 e. The Hall–Kier alpha value is -1.66. The minimum atomic E-state index is -0.00246. The van der Waals surface area contributed by atoms with E-state index in [1.165, 1.54) is 0 Å². The zero-order valence-electron chi connectivity index (χ0n) is 13.1. The number of aromatic nitrogens is 1. The summed E-state index contributed by atoms with van der Waals surface area (Å²) in [7, 11) is 1.67. The number of carbonyl (C=O) groups excluding carboxylic acids is 1. The molecule has 1 aromatic heterocycles. The zero-order chi connectivity index (χ0) is 15.5. The number of pyridine rings is 1. The summed E-state index contributed by atoms with van der Waals surface area (Å²) in [5, 5.41) is 5.99. The van der Waals surface area contributed by atoms with Crippen molar-refractivity contribution in [2.75, 3.05) is 33.4 Å². The number of ether oxygens (including phenoxy) is 2. The lowest BCUT2D eigenvalue weighted by Crippen LogP contribution is -2.24. The lowest BCUT2D eigenvalue weighted by Gasteiger charge is -2.12. The molecule has 6 heteroatoms. The Kier molecular flexibility index (Phi) is 8.38. The van der Waals surface area contributed by atoms with Gasteiger partial charge in [-0.05, 0) is 26.0 Å². The van der Waals surface area contributed by atoms with E-state index in [1.807, 2.05) is 26.0 Å². The van der Waals surface area contributed by atoms with Gasteiger partial charge in [0.25, 0.3) is 0 Å². The van der Waals surface area contributed by atoms with E-state index < -0.39 is 0 Å². The predicted octanol–water partition coefficient (Wildman–Crippen LogP) is 1.03. The van der Waals surface area contributed by atoms with Gasteiger partial charge in [-0.2, -0.15) is 0 Å². The Labute approximate surface area is 126 Å². The maximum Gasteiger partial charge on any atom is 0.223 e. The maximum atomic E-state index is 11.4. The number of methoxy groups -OCH3 is 1. The molecular weight excluding hydrogens is 270 g/mol. The van der Waals surface area contributed by atoms with Gasteiger partial charge in [0.15, 0.2) is 0 Å². The van der Waals surface area contributed by atoms with Crippen LogP contribution < -0.4 is 15.4 Å². The summed E-state index contributed by atoms with van der Waals surface area (Å²) in [4.78, 5) is 15.9. The number of amides is 1. The van der Waals surface area contributed by atoms with Gasteiger partial charge in [-0.25, -0.2) is 0 Å². The molecule has 0 fully saturated rings. The van der Waals surface area contributed by atoms with Crippen molar-refractivity contribution in [3.05, 3.63) is 23.5 Å². The van der Waals surface area contributed by atoms with Crippen LogP contribution in [0.25, 0.3) is 0 Å². The van der Waals surface area contributed by atoms with E-state index in [1.54, 1.807) is 7.11 Å². The summed E-state index contributed by atoms with van der Waals surface area (Å²) < 4.78 is 10.7. The van der Waals surface area contributed by atoms with Gasteiger partial charge in [-0.15, -0.1) is 0 Å². The van der Waals surface area contributed by atoms with Crippen LogP contribution in [0.5, 0.6) is 5.75 Å². The Morgan fingerprint density at radius 1 is 1.33 bits per heavy atom. The average molecular weight is 295 g/mol. The summed E-state index contributed by atoms with van der Waals surface area (Å²) in [5.41, 5.74) is 1.79. The third kappa shape index (κ3) is 7.06. The third-order valence-corrected chi connectivity index (χ3v) is 2.81. The normalized spacial score (nSPS) is 10.4. The average Bonchev–Trinajstić information content (AvgIpc) is 2.46. The van der Waals surface area contributed by atoms with Gasteiger partial charge in [0.2, 0.25) is 5.91 Å². The number of carbonyl (C=O) groups is 1. The number of nitrogens with one attached hydrogen (secondary N) is 2. The zero-order valence-corrected chi connectivity index (χ0v) is 13.1. The van der Waals surface area contributed by atoms with E-state index in [9.17, 15) is 4.79 Å². The van der Waals surface area contributed by atoms with E-state index in [-0.39, 0.29) is 5.91 Å². The quantitative estimate of drug-likeness (QED) is 0.631. The SMILES string of the molecule is CCNC(=O)CCOc1ccc(C)nc1CNCCOC. The summed E-state index contributed by atoms with van der Waals surface area (Å²) in [5.74, 6) is 0.715. The first-order valence-corrected chi connectivity index (χ1v) is 7.23. The maximum absolute atomic E-state index is 11.4. The molecule has 118 valence electrons. The molecule has 0 radical (unpaired) electrons. The number of hydrogen-bond acceptors (Lipinski definition) is 5. The summed E-state index contributed by atoms with van der Waals surface area (Å²) >= 11 is 0. The molecule has 1 amide bonds. The second-order valence-corrected chi connectivity index (χ2v) is 4.62. The van der Waals surface area contributed by atoms with Gasteiger partial charge in [0, 0.05) is 32.4 Å². The van der Waals surface area contributed by atoms with Crippen LogP contribution in [0.2, 0.25) is 0 Å². The highest BCUT2D eigenvalue weighted by Gasteiger charge is 2.07. The van der Waals surface area contributed by atoms with Crippen molar-refractivity contribution in [2.24, 2.45) is 0 Å². The first kappa shape index (κ1) is 17.4. The second kappa shape index (κ2) is 10.1. The highest BCUT2D eigenvalue weighted by Crippen LogP contribution is 2.17. The topological polar surface area (TPSA) is 72.5 Å². The van der Waals surface area contributed by atoms with E-state index in [0.717, 1.165) is 23.7 Å². The highest BCUT2D eigenvalue weighted by molar-refractivity contribution is 5.75. The van der Waals surface area contributed by atoms with Crippen molar-refractivity contribution < 1.29 is 14.3 Å². The summed E-state index contributed by atoms with van der Waals surface area (Å²) in [6.45, 7) is 6.84. The Morgan fingerprint density at radius 3 is 2.86 bits per heavy atom. The lowest BCUT2D eigenvalue weighted by atomic mass is 10.2. The standard InChI is InChI=1S/C15H25N3O3/c1-4-17-15(19)7-9-21-14-6-5-12(2)18-13(14)11-16-8-10-20-3/h5-6,16H,4,7-11H2,1-3H3,(H,17,19). The first-order valence-electron chi connectivity index (χ1n) is 7.23. The molecule has 0 aromatic carbocycles. The van der Waals surface area contributed by atoms with Crippen molar-refractivity contribution in [1.29, 1.82) is 0 Å². The molecule has 0 saturated carbocycles. The Bertz CT molecular complexity index is 438. The van der Waals surface area contributed by atoms with Gasteiger partial charge in [-0.3, -0.25) is 9.78 Å². The molecule has 1 aromatic rings. The first-order chi connectivity index (χ1) is 10.2. The van der Waals surface area contributed by atoms with Crippen molar-refractivity contribution >= 4 is 5.91 Å². The van der Waals surface area contributed by atoms with Gasteiger partial charge in [0.05, 0.1) is 25.3 Å². The van der Waals surface area contributed by atoms with Gasteiger partial charge in [0.1, 0.15) is 5.75 Å². The molecule has 0 unspecified atom stereocenters. The molecule has 0 aliphatic heterocycles. The summed E-state index contributed by atoms with van der Waals surface area (Å²) in [6.07, 6.45) is 0.345. The molecule has 1 rings (SSSR count). The van der Waals surface area contributed by atoms with Crippen LogP contribution in [0.4, 0.5) is 0 Å². The van der Waals surface area contributed by atoms with E-state index in [0.29, 0.717) is 32.7 Å². The molecule has 0 aliphatic carbocycles. The van der Waals surface area contributed by atoms with E-state index >= 15 is 0 Å². The summed E-state index contributed by atoms with van der Waals surface area (Å²) in [6, 6.07) is 3.80. The van der Waals surface area contributed by atoms with Crippen molar-refractivity contribution in [3.63, 3.8) is 0 Å². The van der Waals surface area contributed by atoms with Crippen LogP contribution >= 0.6 is 0 Å². The number of aryl methyl sites for hydroxylation is 1. The number of hydrogen-bond donors (Lipinski definition) is 2. The van der Waals surface area contributed by atoms with Crippen LogP contribution in [0.1, 0.15) is 24.7 Å². The van der Waals surface area contributed by atoms with Crippen molar-refractivity contribution in [1.82, 2.24) is 15.6 Å². The molecule has 0 atom stereocenters. The number of rotatable bonds is 10. The fourth-order valence-electron chi connectivity index (χ4n) is 1.78. The molecule has 0 saturated heterocycles. The Balaban J connectivity index is 2.49. The molecule has 1 heterocycles. The van der Waals surface area contributed by atoms with Crippen LogP contribution in [0.15, 0.2) is 12.1 Å². The molecule has 0 bridgehead atoms. The molecule has 0 spiro atoms. The van der Waals surface area contributed by atoms with E-state index in [4.69, 9.17) is 9.47 Å². The smallest absolute Gasteiger partial charge is 0.223 e. The lowest BCUT2D eigenvalue weighted by molar-refractivity contribution is -0.121. The van der Waals surface area contributed by atoms with Crippen LogP contribution in [0.3, 0.4) is 0 Å². The highest BCUT2D eigenvalue weighted by atomic mass is 16.5. The number of nitrogens with zero attached hydrogens (tertiary/aromatic N) is 1. The van der Waals surface area contributed by atoms with Gasteiger partial charge < -0.3 is 20.1 Å². The minimum Gasteiger partial charge on any atom is -0.491 e. The molecule has 6 nitrogen and oxygen atoms in total. The predicted molar refractivity (Wildman–Crippen MR) is 81.4 cm³/mol. The second-order valence-electron chi connectivity index (χ2n) is 4.62. The van der Waals surface area contributed by atoms with Gasteiger partial charge >= 0.3 is 0 Å². The molecule has 2 N–H and O–H groups in total. The fraction of sp³-hybridized carbons (Fsp3) is 0.600. The van der Waals surface area contributed by atoms with Crippen LogP contribution in [-0.2, 0) is 16.1 Å². The van der Waals surface area contributed by atoms with Crippen molar-refractivity contribution in [2.45, 2.75) is 26.8 Å². The molecule has 21 heavy (non-hydrogen) atoms. The molecule has 0 aliphatic rings. The fourth-order valence-corrected chi connectivity index (χ4v) is 1.78. The van der Waals surface area contributed by atoms with Crippen molar-refractivity contribution in [3.8, 4) is 5.75 Å². The van der Waals surface area contributed by atoms with Gasteiger partial charge in [-0.1, -0.05) is 0 Å².